The number of hydrogen-bond acceptors (Lipinski definition) is 2. The van der Waals surface area contributed by atoms with Gasteiger partial charge in [-0.05, 0) is 23.6 Å². The number of benzene rings is 1. The molecule has 0 aliphatic rings. The van der Waals surface area contributed by atoms with Gasteiger partial charge in [0.25, 0.3) is 0 Å². The Hall–Kier alpha value is -2.36. The largest absolute Gasteiger partial charge is 0.476 e. The monoisotopic (exact) mass is 212 g/mol. The first kappa shape index (κ1) is 8.91. The van der Waals surface area contributed by atoms with Crippen molar-refractivity contribution in [1.82, 2.24) is 9.97 Å². The number of H-pyrrole nitrogens is 1. The fourth-order valence-corrected chi connectivity index (χ4v) is 1.97. The SMILES string of the molecule is O=C(O)c1nccc2ccc3[nH]ccc3c12. The number of carbonyl (C=O) groups is 1. The van der Waals surface area contributed by atoms with Gasteiger partial charge in [0.2, 0.25) is 0 Å². The summed E-state index contributed by atoms with van der Waals surface area (Å²) < 4.78 is 0. The number of rotatable bonds is 1. The number of nitrogens with zero attached hydrogens (tertiary/aromatic N) is 1. The molecule has 0 radical (unpaired) electrons. The van der Waals surface area contributed by atoms with Crippen molar-refractivity contribution in [3.8, 4) is 0 Å². The van der Waals surface area contributed by atoms with E-state index in [4.69, 9.17) is 5.11 Å². The van der Waals surface area contributed by atoms with Crippen molar-refractivity contribution in [1.29, 1.82) is 0 Å². The summed E-state index contributed by atoms with van der Waals surface area (Å²) >= 11 is 0. The maximum absolute atomic E-state index is 11.1. The normalized spacial score (nSPS) is 11.0. The highest BCUT2D eigenvalue weighted by molar-refractivity contribution is 6.14. The summed E-state index contributed by atoms with van der Waals surface area (Å²) in [6, 6.07) is 7.51. The van der Waals surface area contributed by atoms with Crippen LogP contribution >= 0.6 is 0 Å². The lowest BCUT2D eigenvalue weighted by Crippen LogP contribution is -2.00. The van der Waals surface area contributed by atoms with Crippen LogP contribution in [0.3, 0.4) is 0 Å². The van der Waals surface area contributed by atoms with Gasteiger partial charge in [-0.3, -0.25) is 0 Å². The van der Waals surface area contributed by atoms with Crippen LogP contribution in [-0.2, 0) is 0 Å². The van der Waals surface area contributed by atoms with Crippen LogP contribution in [0.4, 0.5) is 0 Å². The first-order valence-corrected chi connectivity index (χ1v) is 4.85. The molecule has 0 saturated carbocycles. The predicted molar refractivity (Wildman–Crippen MR) is 60.6 cm³/mol. The van der Waals surface area contributed by atoms with Gasteiger partial charge < -0.3 is 10.1 Å². The maximum atomic E-state index is 11.1. The number of aromatic amines is 1. The summed E-state index contributed by atoms with van der Waals surface area (Å²) in [4.78, 5) is 18.1. The van der Waals surface area contributed by atoms with E-state index in [1.54, 1.807) is 6.20 Å². The number of carboxylic acids is 1. The first-order valence-electron chi connectivity index (χ1n) is 4.85. The molecule has 0 saturated heterocycles. The molecule has 3 aromatic rings. The minimum absolute atomic E-state index is 0.0997. The third-order valence-corrected chi connectivity index (χ3v) is 2.66. The number of pyridine rings is 1. The number of fused-ring (bicyclic) bond motifs is 3. The Morgan fingerprint density at radius 2 is 2.12 bits per heavy atom. The van der Waals surface area contributed by atoms with Crippen molar-refractivity contribution in [3.05, 3.63) is 42.4 Å². The molecule has 0 unspecified atom stereocenters. The van der Waals surface area contributed by atoms with E-state index in [1.165, 1.54) is 6.20 Å². The Morgan fingerprint density at radius 1 is 1.25 bits per heavy atom. The zero-order chi connectivity index (χ0) is 11.1. The third-order valence-electron chi connectivity index (χ3n) is 2.66. The highest BCUT2D eigenvalue weighted by Gasteiger charge is 2.12. The molecular weight excluding hydrogens is 204 g/mol. The van der Waals surface area contributed by atoms with Crippen LogP contribution in [0, 0.1) is 0 Å². The second kappa shape index (κ2) is 3.06. The number of nitrogens with one attached hydrogen (secondary N) is 1. The molecular formula is C12H8N2O2. The Bertz CT molecular complexity index is 700. The Morgan fingerprint density at radius 3 is 2.94 bits per heavy atom. The van der Waals surface area contributed by atoms with Gasteiger partial charge in [0.05, 0.1) is 0 Å². The number of aromatic carboxylic acids is 1. The van der Waals surface area contributed by atoms with Gasteiger partial charge in [0.1, 0.15) is 0 Å². The Kier molecular flexibility index (Phi) is 1.71. The van der Waals surface area contributed by atoms with Crippen molar-refractivity contribution in [2.75, 3.05) is 0 Å². The van der Waals surface area contributed by atoms with Crippen molar-refractivity contribution < 1.29 is 9.90 Å². The zero-order valence-electron chi connectivity index (χ0n) is 8.27. The number of carboxylic acid groups (broad SMARTS) is 1. The fraction of sp³-hybridized carbons (Fsp3) is 0. The summed E-state index contributed by atoms with van der Waals surface area (Å²) in [6.07, 6.45) is 3.31. The molecule has 0 spiro atoms. The predicted octanol–water partition coefficient (Wildman–Crippen LogP) is 2.41. The Balaban J connectivity index is 2.59. The lowest BCUT2D eigenvalue weighted by atomic mass is 10.1. The molecule has 2 heterocycles. The smallest absolute Gasteiger partial charge is 0.355 e. The van der Waals surface area contributed by atoms with Gasteiger partial charge in [-0.1, -0.05) is 6.07 Å². The highest BCUT2D eigenvalue weighted by atomic mass is 16.4. The first-order chi connectivity index (χ1) is 7.77. The van der Waals surface area contributed by atoms with E-state index in [1.807, 2.05) is 24.3 Å². The summed E-state index contributed by atoms with van der Waals surface area (Å²) in [5.41, 5.74) is 1.02. The standard InChI is InChI=1S/C12H8N2O2/c15-12(16)11-10-7(3-5-14-11)1-2-9-8(10)4-6-13-9/h1-6,13H,(H,15,16). The molecule has 0 fully saturated rings. The molecule has 0 amide bonds. The summed E-state index contributed by atoms with van der Waals surface area (Å²) in [5.74, 6) is -1.00. The van der Waals surface area contributed by atoms with Gasteiger partial charge in [-0.25, -0.2) is 9.78 Å². The Labute approximate surface area is 90.5 Å². The average Bonchev–Trinajstić information content (AvgIpc) is 2.76. The molecule has 0 aliphatic carbocycles. The second-order valence-corrected chi connectivity index (χ2v) is 3.57. The van der Waals surface area contributed by atoms with Crippen LogP contribution in [0.15, 0.2) is 36.7 Å². The van der Waals surface area contributed by atoms with Gasteiger partial charge in [0, 0.05) is 28.7 Å². The van der Waals surface area contributed by atoms with Crippen molar-refractivity contribution in [2.24, 2.45) is 0 Å². The molecule has 0 aliphatic heterocycles. The average molecular weight is 212 g/mol. The summed E-state index contributed by atoms with van der Waals surface area (Å²) in [6.45, 7) is 0. The lowest BCUT2D eigenvalue weighted by Gasteiger charge is -2.02. The van der Waals surface area contributed by atoms with Crippen LogP contribution < -0.4 is 0 Å². The molecule has 16 heavy (non-hydrogen) atoms. The number of aromatic nitrogens is 2. The molecule has 78 valence electrons. The molecule has 0 atom stereocenters. The van der Waals surface area contributed by atoms with Crippen LogP contribution in [0.1, 0.15) is 10.5 Å². The number of hydrogen-bond donors (Lipinski definition) is 2. The second-order valence-electron chi connectivity index (χ2n) is 3.57. The van der Waals surface area contributed by atoms with Crippen LogP contribution in [-0.4, -0.2) is 21.0 Å². The lowest BCUT2D eigenvalue weighted by molar-refractivity contribution is 0.0693. The van der Waals surface area contributed by atoms with E-state index in [9.17, 15) is 4.79 Å². The minimum atomic E-state index is -1.00. The van der Waals surface area contributed by atoms with Crippen molar-refractivity contribution >= 4 is 27.6 Å². The maximum Gasteiger partial charge on any atom is 0.355 e. The van der Waals surface area contributed by atoms with Crippen LogP contribution in [0.2, 0.25) is 0 Å². The molecule has 2 aromatic heterocycles. The molecule has 1 aromatic carbocycles. The van der Waals surface area contributed by atoms with Crippen molar-refractivity contribution in [2.45, 2.75) is 0 Å². The van der Waals surface area contributed by atoms with Crippen LogP contribution in [0.5, 0.6) is 0 Å². The van der Waals surface area contributed by atoms with Crippen LogP contribution in [0.25, 0.3) is 21.7 Å². The topological polar surface area (TPSA) is 66.0 Å². The molecule has 4 nitrogen and oxygen atoms in total. The van der Waals surface area contributed by atoms with E-state index in [0.29, 0.717) is 5.39 Å². The van der Waals surface area contributed by atoms with E-state index in [2.05, 4.69) is 9.97 Å². The summed E-state index contributed by atoms with van der Waals surface area (Å²) in [7, 11) is 0. The molecule has 3 rings (SSSR count). The molecule has 4 heteroatoms. The fourth-order valence-electron chi connectivity index (χ4n) is 1.97. The van der Waals surface area contributed by atoms with Gasteiger partial charge in [0.15, 0.2) is 5.69 Å². The third kappa shape index (κ3) is 1.10. The van der Waals surface area contributed by atoms with Gasteiger partial charge >= 0.3 is 5.97 Å². The molecule has 2 N–H and O–H groups in total. The quantitative estimate of drug-likeness (QED) is 0.651. The summed E-state index contributed by atoms with van der Waals surface area (Å²) in [5, 5.41) is 11.6. The van der Waals surface area contributed by atoms with Crippen molar-refractivity contribution in [3.63, 3.8) is 0 Å². The van der Waals surface area contributed by atoms with E-state index < -0.39 is 5.97 Å². The minimum Gasteiger partial charge on any atom is -0.476 e. The highest BCUT2D eigenvalue weighted by Crippen LogP contribution is 2.26. The van der Waals surface area contributed by atoms with E-state index in [-0.39, 0.29) is 5.69 Å². The van der Waals surface area contributed by atoms with Gasteiger partial charge in [-0.2, -0.15) is 0 Å². The molecule has 0 bridgehead atoms. The van der Waals surface area contributed by atoms with Gasteiger partial charge in [-0.15, -0.1) is 0 Å². The van der Waals surface area contributed by atoms with E-state index in [0.717, 1.165) is 16.3 Å². The zero-order valence-corrected chi connectivity index (χ0v) is 8.27. The van der Waals surface area contributed by atoms with E-state index >= 15 is 0 Å².